The number of hydrogen-bond donors (Lipinski definition) is 0. The molecule has 3 rings (SSSR count). The number of hydrogen-bond acceptors (Lipinski definition) is 6. The molecule has 2 aliphatic rings. The quantitative estimate of drug-likeness (QED) is 0.502. The van der Waals surface area contributed by atoms with Crippen LogP contribution < -0.4 is 0 Å². The van der Waals surface area contributed by atoms with Gasteiger partial charge in [-0.25, -0.2) is 13.2 Å². The zero-order chi connectivity index (χ0) is 20.4. The molecule has 0 spiro atoms. The zero-order valence-electron chi connectivity index (χ0n) is 16.0. The van der Waals surface area contributed by atoms with Gasteiger partial charge in [0.2, 0.25) is 6.41 Å². The maximum absolute atomic E-state index is 12.5. The molecule has 0 N–H and O–H groups in total. The van der Waals surface area contributed by atoms with E-state index in [-0.39, 0.29) is 17.5 Å². The van der Waals surface area contributed by atoms with Crippen LogP contribution in [0, 0.1) is 0 Å². The fraction of sp³-hybridized carbons (Fsp3) is 0.500. The summed E-state index contributed by atoms with van der Waals surface area (Å²) in [4.78, 5) is 25.9. The predicted octanol–water partition coefficient (Wildman–Crippen LogP) is 1.44. The van der Waals surface area contributed by atoms with Gasteiger partial charge in [0.1, 0.15) is 5.60 Å². The molecule has 1 aliphatic carbocycles. The van der Waals surface area contributed by atoms with E-state index in [9.17, 15) is 18.0 Å². The molecule has 1 fully saturated rings. The second-order valence-electron chi connectivity index (χ2n) is 7.30. The van der Waals surface area contributed by atoms with Gasteiger partial charge in [0.15, 0.2) is 15.9 Å². The molecule has 8 heteroatoms. The van der Waals surface area contributed by atoms with Crippen molar-refractivity contribution in [1.29, 1.82) is 0 Å². The Balaban J connectivity index is 1.85. The van der Waals surface area contributed by atoms with Crippen molar-refractivity contribution in [3.8, 4) is 0 Å². The number of methoxy groups -OCH3 is 2. The van der Waals surface area contributed by atoms with Gasteiger partial charge in [-0.05, 0) is 30.4 Å². The lowest BCUT2D eigenvalue weighted by atomic mass is 9.87. The van der Waals surface area contributed by atoms with Crippen molar-refractivity contribution in [3.63, 3.8) is 0 Å². The van der Waals surface area contributed by atoms with Gasteiger partial charge in [0, 0.05) is 13.2 Å². The number of allylic oxidation sites excluding steroid dienone is 1. The smallest absolute Gasteiger partial charge is 0.331 e. The minimum Gasteiger partial charge on any atom is -0.467 e. The number of esters is 1. The van der Waals surface area contributed by atoms with Crippen LogP contribution in [0.5, 0.6) is 0 Å². The Kier molecular flexibility index (Phi) is 5.90. The summed E-state index contributed by atoms with van der Waals surface area (Å²) in [5, 5.41) is 0. The van der Waals surface area contributed by atoms with Crippen molar-refractivity contribution < 1.29 is 27.5 Å². The Morgan fingerprint density at radius 3 is 2.39 bits per heavy atom. The third-order valence-electron chi connectivity index (χ3n) is 5.63. The number of rotatable bonds is 7. The number of nitrogens with zero attached hydrogens (tertiary/aromatic N) is 1. The van der Waals surface area contributed by atoms with Crippen molar-refractivity contribution in [2.45, 2.75) is 36.9 Å². The number of carbonyl (C=O) groups excluding carboxylic acids is 2. The highest BCUT2D eigenvalue weighted by Gasteiger charge is 2.60. The predicted molar refractivity (Wildman–Crippen MR) is 104 cm³/mol. The van der Waals surface area contributed by atoms with Gasteiger partial charge in [-0.2, -0.15) is 0 Å². The summed E-state index contributed by atoms with van der Waals surface area (Å²) in [5.74, 6) is -1.28. The van der Waals surface area contributed by atoms with Crippen molar-refractivity contribution in [3.05, 3.63) is 42.0 Å². The fourth-order valence-corrected chi connectivity index (χ4v) is 6.13. The Morgan fingerprint density at radius 2 is 1.93 bits per heavy atom. The number of carbonyl (C=O) groups is 2. The van der Waals surface area contributed by atoms with Crippen LogP contribution in [0.3, 0.4) is 0 Å². The second kappa shape index (κ2) is 8.05. The summed E-state index contributed by atoms with van der Waals surface area (Å²) in [6, 6.07) is 8.67. The Labute approximate surface area is 165 Å². The average Bonchev–Trinajstić information content (AvgIpc) is 2.70. The van der Waals surface area contributed by atoms with E-state index < -0.39 is 27.4 Å². The molecule has 0 bridgehead atoms. The molecule has 1 amide bonds. The highest BCUT2D eigenvalue weighted by atomic mass is 32.2. The van der Waals surface area contributed by atoms with Crippen molar-refractivity contribution in [2.24, 2.45) is 0 Å². The molecule has 2 atom stereocenters. The lowest BCUT2D eigenvalue weighted by Gasteiger charge is -2.49. The molecule has 0 radical (unpaired) electrons. The largest absolute Gasteiger partial charge is 0.467 e. The summed E-state index contributed by atoms with van der Waals surface area (Å²) in [6.45, 7) is 0. The van der Waals surface area contributed by atoms with E-state index >= 15 is 0 Å². The van der Waals surface area contributed by atoms with E-state index in [4.69, 9.17) is 9.47 Å². The van der Waals surface area contributed by atoms with Gasteiger partial charge in [0.25, 0.3) is 0 Å². The maximum Gasteiger partial charge on any atom is 0.331 e. The third kappa shape index (κ3) is 3.84. The summed E-state index contributed by atoms with van der Waals surface area (Å²) in [7, 11) is -0.704. The summed E-state index contributed by atoms with van der Waals surface area (Å²) in [6.07, 6.45) is 4.68. The van der Waals surface area contributed by atoms with E-state index in [1.54, 1.807) is 0 Å². The molecule has 152 valence electrons. The van der Waals surface area contributed by atoms with Crippen LogP contribution in [-0.4, -0.2) is 69.1 Å². The topological polar surface area (TPSA) is 90.0 Å². The monoisotopic (exact) mass is 407 g/mol. The molecule has 1 aliphatic heterocycles. The summed E-state index contributed by atoms with van der Waals surface area (Å²) in [5.41, 5.74) is 1.07. The molecule has 1 saturated heterocycles. The van der Waals surface area contributed by atoms with E-state index in [1.165, 1.54) is 24.7 Å². The maximum atomic E-state index is 12.5. The molecule has 1 aromatic rings. The average molecular weight is 407 g/mol. The lowest BCUT2D eigenvalue weighted by Crippen LogP contribution is -2.71. The Hall–Kier alpha value is -2.19. The minimum atomic E-state index is -3.29. The van der Waals surface area contributed by atoms with Crippen LogP contribution in [0.1, 0.15) is 24.8 Å². The number of benzene rings is 1. The molecule has 0 saturated carbocycles. The fourth-order valence-electron chi connectivity index (χ4n) is 4.17. The molecule has 7 nitrogen and oxygen atoms in total. The van der Waals surface area contributed by atoms with Crippen LogP contribution in [-0.2, 0) is 28.9 Å². The molecule has 28 heavy (non-hydrogen) atoms. The molecule has 2 unspecified atom stereocenters. The first-order chi connectivity index (χ1) is 13.4. The van der Waals surface area contributed by atoms with E-state index in [1.807, 2.05) is 30.3 Å². The lowest BCUT2D eigenvalue weighted by molar-refractivity contribution is -0.165. The first kappa shape index (κ1) is 20.5. The van der Waals surface area contributed by atoms with Gasteiger partial charge in [0.05, 0.1) is 18.6 Å². The SMILES string of the molecule is COC(=O)C(N(C=O)C1CC=C(c2ccccc2)CC1)C1(OC)CS(=O)(=O)C1. The highest BCUT2D eigenvalue weighted by molar-refractivity contribution is 7.93. The van der Waals surface area contributed by atoms with Crippen LogP contribution >= 0.6 is 0 Å². The third-order valence-corrected chi connectivity index (χ3v) is 7.48. The molecular weight excluding hydrogens is 382 g/mol. The Morgan fingerprint density at radius 1 is 1.25 bits per heavy atom. The first-order valence-electron chi connectivity index (χ1n) is 9.16. The second-order valence-corrected chi connectivity index (χ2v) is 9.37. The zero-order valence-corrected chi connectivity index (χ0v) is 16.9. The minimum absolute atomic E-state index is 0.232. The van der Waals surface area contributed by atoms with Crippen LogP contribution in [0.4, 0.5) is 0 Å². The normalized spacial score (nSPS) is 23.6. The number of ether oxygens (including phenoxy) is 2. The van der Waals surface area contributed by atoms with Gasteiger partial charge in [-0.1, -0.05) is 36.4 Å². The molecular formula is C20H25NO6S. The van der Waals surface area contributed by atoms with Crippen molar-refractivity contribution >= 4 is 27.8 Å². The molecule has 1 aromatic carbocycles. The van der Waals surface area contributed by atoms with E-state index in [0.29, 0.717) is 19.3 Å². The van der Waals surface area contributed by atoms with Crippen LogP contribution in [0.25, 0.3) is 5.57 Å². The van der Waals surface area contributed by atoms with E-state index in [0.717, 1.165) is 12.0 Å². The molecule has 1 heterocycles. The van der Waals surface area contributed by atoms with Crippen LogP contribution in [0.2, 0.25) is 0 Å². The summed E-state index contributed by atoms with van der Waals surface area (Å²) < 4.78 is 34.0. The Bertz CT molecular complexity index is 852. The van der Waals surface area contributed by atoms with Crippen molar-refractivity contribution in [2.75, 3.05) is 25.7 Å². The standard InChI is InChI=1S/C20H25NO6S/c1-26-19(23)18(20(27-2)12-28(24,25)13-20)21(14-22)17-10-8-16(9-11-17)15-6-4-3-5-7-15/h3-8,14,17-18H,9-13H2,1-2H3. The van der Waals surface area contributed by atoms with Gasteiger partial charge in [-0.3, -0.25) is 4.79 Å². The summed E-state index contributed by atoms with van der Waals surface area (Å²) >= 11 is 0. The van der Waals surface area contributed by atoms with Gasteiger partial charge < -0.3 is 14.4 Å². The number of amides is 1. The van der Waals surface area contributed by atoms with E-state index in [2.05, 4.69) is 6.08 Å². The first-order valence-corrected chi connectivity index (χ1v) is 11.0. The van der Waals surface area contributed by atoms with Gasteiger partial charge in [-0.15, -0.1) is 0 Å². The molecule has 0 aromatic heterocycles. The number of sulfone groups is 1. The van der Waals surface area contributed by atoms with Crippen molar-refractivity contribution in [1.82, 2.24) is 4.90 Å². The van der Waals surface area contributed by atoms with Gasteiger partial charge >= 0.3 is 5.97 Å². The highest BCUT2D eigenvalue weighted by Crippen LogP contribution is 2.37. The van der Waals surface area contributed by atoms with Crippen LogP contribution in [0.15, 0.2) is 36.4 Å².